The van der Waals surface area contributed by atoms with Crippen LogP contribution < -0.4 is 0 Å². The molecule has 9 heavy (non-hydrogen) atoms. The van der Waals surface area contributed by atoms with E-state index < -0.39 is 0 Å². The highest BCUT2D eigenvalue weighted by molar-refractivity contribution is 7.09. The molecule has 1 aromatic rings. The van der Waals surface area contributed by atoms with Gasteiger partial charge in [-0.2, -0.15) is 0 Å². The van der Waals surface area contributed by atoms with Crippen LogP contribution in [0.1, 0.15) is 10.4 Å². The van der Waals surface area contributed by atoms with Crippen LogP contribution >= 0.6 is 22.9 Å². The van der Waals surface area contributed by atoms with Crippen LogP contribution in [0.5, 0.6) is 0 Å². The van der Waals surface area contributed by atoms with Crippen molar-refractivity contribution in [3.05, 3.63) is 16.6 Å². The van der Waals surface area contributed by atoms with Gasteiger partial charge in [-0.3, -0.25) is 0 Å². The van der Waals surface area contributed by atoms with E-state index in [2.05, 4.69) is 4.98 Å². The maximum absolute atomic E-state index is 8.54. The van der Waals surface area contributed by atoms with E-state index in [1.165, 1.54) is 11.3 Å². The second-order valence-electron chi connectivity index (χ2n) is 1.52. The largest absolute Gasteiger partial charge is 0.394 e. The van der Waals surface area contributed by atoms with Crippen LogP contribution in [0.25, 0.3) is 0 Å². The summed E-state index contributed by atoms with van der Waals surface area (Å²) in [5, 5.41) is 10.8. The summed E-state index contributed by atoms with van der Waals surface area (Å²) in [5.74, 6) is 0. The number of hydrogen-bond donors (Lipinski definition) is 1. The van der Waals surface area contributed by atoms with Crippen LogP contribution in [-0.2, 0) is 0 Å². The molecule has 0 aliphatic carbocycles. The number of alkyl halides is 1. The van der Waals surface area contributed by atoms with E-state index in [1.54, 1.807) is 6.20 Å². The predicted octanol–water partition coefficient (Wildman–Crippen LogP) is 1.42. The zero-order valence-corrected chi connectivity index (χ0v) is 6.19. The summed E-state index contributed by atoms with van der Waals surface area (Å²) >= 11 is 7.08. The first-order valence-corrected chi connectivity index (χ1v) is 3.80. The van der Waals surface area contributed by atoms with Gasteiger partial charge >= 0.3 is 0 Å². The second-order valence-corrected chi connectivity index (χ2v) is 2.97. The SMILES string of the molecule is OCC(Cl)c1nccs1. The summed E-state index contributed by atoms with van der Waals surface area (Å²) in [5.41, 5.74) is 0. The third kappa shape index (κ3) is 1.64. The van der Waals surface area contributed by atoms with Gasteiger partial charge in [0, 0.05) is 11.6 Å². The molecule has 0 radical (unpaired) electrons. The van der Waals surface area contributed by atoms with Crippen molar-refractivity contribution in [2.75, 3.05) is 6.61 Å². The van der Waals surface area contributed by atoms with Crippen LogP contribution in [0.15, 0.2) is 11.6 Å². The molecule has 1 atom stereocenters. The van der Waals surface area contributed by atoms with Gasteiger partial charge in [-0.15, -0.1) is 22.9 Å². The standard InChI is InChI=1S/C5H6ClNOS/c6-4(3-8)5-7-1-2-9-5/h1-2,4,8H,3H2. The van der Waals surface area contributed by atoms with Crippen molar-refractivity contribution in [2.24, 2.45) is 0 Å². The molecule has 50 valence electrons. The lowest BCUT2D eigenvalue weighted by Crippen LogP contribution is -1.93. The summed E-state index contributed by atoms with van der Waals surface area (Å²) in [6, 6.07) is 0. The molecular formula is C5H6ClNOS. The summed E-state index contributed by atoms with van der Waals surface area (Å²) in [6.07, 6.45) is 1.67. The third-order valence-corrected chi connectivity index (χ3v) is 2.24. The molecule has 1 N–H and O–H groups in total. The van der Waals surface area contributed by atoms with Gasteiger partial charge in [0.25, 0.3) is 0 Å². The maximum atomic E-state index is 8.54. The number of rotatable bonds is 2. The number of halogens is 1. The molecule has 1 aromatic heterocycles. The Morgan fingerprint density at radius 3 is 3.11 bits per heavy atom. The van der Waals surface area contributed by atoms with Crippen molar-refractivity contribution in [2.45, 2.75) is 5.38 Å². The minimum absolute atomic E-state index is 0.0466. The fourth-order valence-corrected chi connectivity index (χ4v) is 1.28. The first-order chi connectivity index (χ1) is 4.34. The van der Waals surface area contributed by atoms with Gasteiger partial charge < -0.3 is 5.11 Å². The molecule has 0 aliphatic heterocycles. The van der Waals surface area contributed by atoms with E-state index in [-0.39, 0.29) is 12.0 Å². The van der Waals surface area contributed by atoms with E-state index in [0.717, 1.165) is 5.01 Å². The Kier molecular flexibility index (Phi) is 2.45. The molecule has 1 rings (SSSR count). The van der Waals surface area contributed by atoms with Crippen molar-refractivity contribution in [1.82, 2.24) is 4.98 Å². The molecule has 0 bridgehead atoms. The van der Waals surface area contributed by atoms with Crippen LogP contribution in [0.2, 0.25) is 0 Å². The lowest BCUT2D eigenvalue weighted by atomic mass is 10.5. The van der Waals surface area contributed by atoms with Gasteiger partial charge in [0.2, 0.25) is 0 Å². The summed E-state index contributed by atoms with van der Waals surface area (Å²) in [7, 11) is 0. The van der Waals surface area contributed by atoms with Crippen molar-refractivity contribution >= 4 is 22.9 Å². The molecule has 1 unspecified atom stereocenters. The van der Waals surface area contributed by atoms with Crippen molar-refractivity contribution < 1.29 is 5.11 Å². The highest BCUT2D eigenvalue weighted by Gasteiger charge is 2.06. The van der Waals surface area contributed by atoms with E-state index >= 15 is 0 Å². The Labute approximate surface area is 62.1 Å². The molecule has 0 saturated carbocycles. The van der Waals surface area contributed by atoms with Crippen molar-refractivity contribution in [3.63, 3.8) is 0 Å². The van der Waals surface area contributed by atoms with Gasteiger partial charge in [-0.1, -0.05) is 0 Å². The Morgan fingerprint density at radius 2 is 2.67 bits per heavy atom. The van der Waals surface area contributed by atoms with Crippen molar-refractivity contribution in [1.29, 1.82) is 0 Å². The number of nitrogens with zero attached hydrogens (tertiary/aromatic N) is 1. The highest BCUT2D eigenvalue weighted by atomic mass is 35.5. The fraction of sp³-hybridized carbons (Fsp3) is 0.400. The van der Waals surface area contributed by atoms with E-state index in [4.69, 9.17) is 16.7 Å². The first kappa shape index (κ1) is 6.99. The molecule has 1 heterocycles. The van der Waals surface area contributed by atoms with Crippen LogP contribution in [-0.4, -0.2) is 16.7 Å². The average Bonchev–Trinajstić information content (AvgIpc) is 2.37. The van der Waals surface area contributed by atoms with Crippen LogP contribution in [0.4, 0.5) is 0 Å². The first-order valence-electron chi connectivity index (χ1n) is 2.49. The molecule has 0 aliphatic rings. The second kappa shape index (κ2) is 3.15. The van der Waals surface area contributed by atoms with Crippen LogP contribution in [0, 0.1) is 0 Å². The lowest BCUT2D eigenvalue weighted by Gasteiger charge is -1.97. The van der Waals surface area contributed by atoms with Gasteiger partial charge in [0.15, 0.2) is 0 Å². The third-order valence-electron chi connectivity index (χ3n) is 0.880. The monoisotopic (exact) mass is 163 g/mol. The van der Waals surface area contributed by atoms with Crippen molar-refractivity contribution in [3.8, 4) is 0 Å². The maximum Gasteiger partial charge on any atom is 0.113 e. The fourth-order valence-electron chi connectivity index (χ4n) is 0.467. The van der Waals surface area contributed by atoms with E-state index in [1.807, 2.05) is 5.38 Å². The van der Waals surface area contributed by atoms with E-state index in [9.17, 15) is 0 Å². The molecular weight excluding hydrogens is 158 g/mol. The Hall–Kier alpha value is -0.120. The number of aromatic nitrogens is 1. The summed E-state index contributed by atoms with van der Waals surface area (Å²) < 4.78 is 0. The van der Waals surface area contributed by atoms with Gasteiger partial charge in [0.1, 0.15) is 10.4 Å². The molecule has 0 spiro atoms. The highest BCUT2D eigenvalue weighted by Crippen LogP contribution is 2.20. The normalized spacial score (nSPS) is 13.6. The smallest absolute Gasteiger partial charge is 0.113 e. The number of hydrogen-bond acceptors (Lipinski definition) is 3. The molecule has 0 saturated heterocycles. The Morgan fingerprint density at radius 1 is 1.89 bits per heavy atom. The quantitative estimate of drug-likeness (QED) is 0.669. The lowest BCUT2D eigenvalue weighted by molar-refractivity contribution is 0.294. The minimum Gasteiger partial charge on any atom is -0.394 e. The molecule has 0 aromatic carbocycles. The number of aliphatic hydroxyl groups excluding tert-OH is 1. The Bertz CT molecular complexity index is 165. The molecule has 0 amide bonds. The predicted molar refractivity (Wildman–Crippen MR) is 37.8 cm³/mol. The number of aliphatic hydroxyl groups is 1. The molecule has 2 nitrogen and oxygen atoms in total. The molecule has 4 heteroatoms. The number of thiazole rings is 1. The van der Waals surface area contributed by atoms with Crippen LogP contribution in [0.3, 0.4) is 0 Å². The topological polar surface area (TPSA) is 33.1 Å². The molecule has 0 fully saturated rings. The average molecular weight is 164 g/mol. The minimum atomic E-state index is -0.329. The van der Waals surface area contributed by atoms with Gasteiger partial charge in [-0.25, -0.2) is 4.98 Å². The van der Waals surface area contributed by atoms with Gasteiger partial charge in [0.05, 0.1) is 6.61 Å². The van der Waals surface area contributed by atoms with E-state index in [0.29, 0.717) is 0 Å². The summed E-state index contributed by atoms with van der Waals surface area (Å²) in [6.45, 7) is -0.0466. The summed E-state index contributed by atoms with van der Waals surface area (Å²) in [4.78, 5) is 3.91. The zero-order valence-electron chi connectivity index (χ0n) is 4.62. The zero-order chi connectivity index (χ0) is 6.69. The Balaban J connectivity index is 2.65. The van der Waals surface area contributed by atoms with Gasteiger partial charge in [-0.05, 0) is 0 Å².